The Labute approximate surface area is 300 Å². The number of carboxylic acids is 1. The Morgan fingerprint density at radius 3 is 2.64 bits per heavy atom. The lowest BCUT2D eigenvalue weighted by Crippen LogP contribution is -2.49. The molecule has 0 unspecified atom stereocenters. The van der Waals surface area contributed by atoms with Gasteiger partial charge in [-0.05, 0) is 62.8 Å². The van der Waals surface area contributed by atoms with E-state index in [1.54, 1.807) is 22.6 Å². The third kappa shape index (κ3) is 5.93. The summed E-state index contributed by atoms with van der Waals surface area (Å²) in [7, 11) is 1.40. The third-order valence-electron chi connectivity index (χ3n) is 10.4. The first-order valence-electron chi connectivity index (χ1n) is 17.5. The second kappa shape index (κ2) is 13.3. The van der Waals surface area contributed by atoms with Crippen molar-refractivity contribution in [3.05, 3.63) is 75.3 Å². The van der Waals surface area contributed by atoms with Crippen molar-refractivity contribution in [2.75, 3.05) is 43.2 Å². The number of carbonyl (C=O) groups excluding carboxylic acids is 2. The van der Waals surface area contributed by atoms with E-state index >= 15 is 4.39 Å². The van der Waals surface area contributed by atoms with E-state index in [1.165, 1.54) is 41.1 Å². The smallest absolute Gasteiger partial charge is 0.341 e. The zero-order chi connectivity index (χ0) is 37.1. The maximum Gasteiger partial charge on any atom is 0.341 e. The molecule has 2 aromatic carbocycles. The Balaban J connectivity index is 1.02. The summed E-state index contributed by atoms with van der Waals surface area (Å²) in [5.41, 5.74) is 0.517. The van der Waals surface area contributed by atoms with E-state index in [0.29, 0.717) is 42.1 Å². The van der Waals surface area contributed by atoms with Crippen LogP contribution < -0.4 is 20.0 Å². The standard InChI is InChI=1S/C36H36F2N8O7/c1-3-53-40-30-23-9-6-20(37)11-27(23)46(35(30)49)15-21-14-43(41-39-21)18-29(47)44-10-4-5-19-13-42(17-28(19)44)32-26(38)12-24-31(34(32)52-2)45(22-7-8-22)16-25(33(24)48)36(50)51/h6,9,11-12,14,16,19,22,28H,3-5,7-8,10,13,15,17-18H2,1-2H3,(H,50,51)/b40-30+/t19-,28+/m1/s1. The van der Waals surface area contributed by atoms with Crippen molar-refractivity contribution in [3.63, 3.8) is 0 Å². The highest BCUT2D eigenvalue weighted by molar-refractivity contribution is 6.54. The number of nitrogens with zero attached hydrogens (tertiary/aromatic N) is 8. The molecular formula is C36H36F2N8O7. The molecule has 2 aromatic heterocycles. The Morgan fingerprint density at radius 2 is 1.91 bits per heavy atom. The molecule has 0 radical (unpaired) electrons. The summed E-state index contributed by atoms with van der Waals surface area (Å²) >= 11 is 0. The van der Waals surface area contributed by atoms with Crippen LogP contribution in [0.2, 0.25) is 0 Å². The molecular weight excluding hydrogens is 694 g/mol. The van der Waals surface area contributed by atoms with Crippen LogP contribution in [0.25, 0.3) is 10.9 Å². The molecule has 2 saturated heterocycles. The van der Waals surface area contributed by atoms with Gasteiger partial charge in [0.1, 0.15) is 35.9 Å². The lowest BCUT2D eigenvalue weighted by Gasteiger charge is -2.36. The molecule has 1 saturated carbocycles. The number of rotatable bonds is 10. The second-order valence-electron chi connectivity index (χ2n) is 13.7. The minimum absolute atomic E-state index is 0.0312. The monoisotopic (exact) mass is 730 g/mol. The molecule has 5 heterocycles. The molecule has 0 spiro atoms. The maximum absolute atomic E-state index is 16.1. The van der Waals surface area contributed by atoms with Gasteiger partial charge in [-0.2, -0.15) is 0 Å². The summed E-state index contributed by atoms with van der Waals surface area (Å²) < 4.78 is 39.2. The van der Waals surface area contributed by atoms with Crippen molar-refractivity contribution in [2.45, 2.75) is 57.8 Å². The number of fused-ring (bicyclic) bond motifs is 3. The molecule has 276 valence electrons. The largest absolute Gasteiger partial charge is 0.492 e. The van der Waals surface area contributed by atoms with Gasteiger partial charge in [-0.1, -0.05) is 10.4 Å². The molecule has 3 fully saturated rings. The second-order valence-corrected chi connectivity index (χ2v) is 13.7. The fourth-order valence-electron chi connectivity index (χ4n) is 7.93. The number of aromatic nitrogens is 4. The number of piperidine rings is 1. The van der Waals surface area contributed by atoms with E-state index in [0.717, 1.165) is 31.7 Å². The van der Waals surface area contributed by atoms with Gasteiger partial charge in [-0.15, -0.1) is 5.10 Å². The lowest BCUT2D eigenvalue weighted by molar-refractivity contribution is -0.136. The van der Waals surface area contributed by atoms with Crippen LogP contribution in [0.4, 0.5) is 20.2 Å². The van der Waals surface area contributed by atoms with Crippen molar-refractivity contribution in [3.8, 4) is 5.75 Å². The Bertz CT molecular complexity index is 2270. The van der Waals surface area contributed by atoms with E-state index in [9.17, 15) is 28.7 Å². The number of hydrogen-bond donors (Lipinski definition) is 1. The zero-order valence-corrected chi connectivity index (χ0v) is 29.0. The highest BCUT2D eigenvalue weighted by Crippen LogP contribution is 2.45. The van der Waals surface area contributed by atoms with E-state index in [-0.39, 0.29) is 66.1 Å². The van der Waals surface area contributed by atoms with Crippen molar-refractivity contribution in [2.24, 2.45) is 11.1 Å². The van der Waals surface area contributed by atoms with Crippen molar-refractivity contribution >= 4 is 45.8 Å². The minimum Gasteiger partial charge on any atom is -0.492 e. The number of ether oxygens (including phenoxy) is 1. The predicted molar refractivity (Wildman–Crippen MR) is 186 cm³/mol. The molecule has 4 aliphatic rings. The van der Waals surface area contributed by atoms with Crippen LogP contribution in [0.5, 0.6) is 5.75 Å². The summed E-state index contributed by atoms with van der Waals surface area (Å²) in [5.74, 6) is -3.09. The summed E-state index contributed by atoms with van der Waals surface area (Å²) in [4.78, 5) is 62.2. The van der Waals surface area contributed by atoms with E-state index < -0.39 is 34.5 Å². The highest BCUT2D eigenvalue weighted by Gasteiger charge is 2.43. The van der Waals surface area contributed by atoms with Crippen LogP contribution in [0.15, 0.2) is 46.6 Å². The van der Waals surface area contributed by atoms with Gasteiger partial charge < -0.3 is 29.0 Å². The summed E-state index contributed by atoms with van der Waals surface area (Å²) in [5, 5.41) is 21.9. The number of benzene rings is 2. The first-order chi connectivity index (χ1) is 25.6. The third-order valence-corrected chi connectivity index (χ3v) is 10.4. The minimum atomic E-state index is -1.38. The van der Waals surface area contributed by atoms with Crippen LogP contribution >= 0.6 is 0 Å². The van der Waals surface area contributed by atoms with Gasteiger partial charge in [0.2, 0.25) is 11.3 Å². The van der Waals surface area contributed by atoms with Gasteiger partial charge in [0.25, 0.3) is 5.91 Å². The number of hydrogen-bond acceptors (Lipinski definition) is 10. The molecule has 1 N–H and O–H groups in total. The molecule has 1 aliphatic carbocycles. The number of halogens is 2. The molecule has 17 heteroatoms. The molecule has 8 rings (SSSR count). The van der Waals surface area contributed by atoms with E-state index in [2.05, 4.69) is 15.5 Å². The van der Waals surface area contributed by atoms with Gasteiger partial charge >= 0.3 is 5.97 Å². The number of anilines is 2. The van der Waals surface area contributed by atoms with Gasteiger partial charge in [0.15, 0.2) is 17.3 Å². The molecule has 2 atom stereocenters. The Kier molecular flexibility index (Phi) is 8.57. The Morgan fingerprint density at radius 1 is 1.09 bits per heavy atom. The summed E-state index contributed by atoms with van der Waals surface area (Å²) in [6.45, 7) is 3.08. The SMILES string of the molecule is CCO/N=C1/C(=O)N(Cc2cn(CC(=O)N3CCC[C@@H]4CN(c5c(F)cc6c(=O)c(C(=O)O)cn(C7CC7)c6c5OC)C[C@@H]43)nn2)c2cc(F)ccc21. The highest BCUT2D eigenvalue weighted by atomic mass is 19.1. The molecule has 53 heavy (non-hydrogen) atoms. The van der Waals surface area contributed by atoms with Gasteiger partial charge in [0.05, 0.1) is 42.5 Å². The first-order valence-corrected chi connectivity index (χ1v) is 17.5. The fraction of sp³-hybridized carbons (Fsp3) is 0.417. The van der Waals surface area contributed by atoms with E-state index in [1.807, 2.05) is 4.90 Å². The normalized spacial score (nSPS) is 20.3. The molecule has 4 aromatic rings. The van der Waals surface area contributed by atoms with Crippen LogP contribution in [0.3, 0.4) is 0 Å². The van der Waals surface area contributed by atoms with Crippen LogP contribution in [0.1, 0.15) is 60.3 Å². The van der Waals surface area contributed by atoms with Crippen LogP contribution in [-0.2, 0) is 27.5 Å². The molecule has 2 amide bonds. The Hall–Kier alpha value is -5.87. The quantitative estimate of drug-likeness (QED) is 0.240. The number of carbonyl (C=O) groups is 3. The van der Waals surface area contributed by atoms with Crippen molar-refractivity contribution in [1.82, 2.24) is 24.5 Å². The number of oxime groups is 1. The number of carboxylic acid groups (broad SMARTS) is 1. The lowest BCUT2D eigenvalue weighted by atomic mass is 9.92. The van der Waals surface area contributed by atoms with Gasteiger partial charge in [-0.3, -0.25) is 19.3 Å². The van der Waals surface area contributed by atoms with Crippen molar-refractivity contribution < 1.29 is 37.8 Å². The topological polar surface area (TPSA) is 165 Å². The zero-order valence-electron chi connectivity index (χ0n) is 29.0. The van der Waals surface area contributed by atoms with Crippen LogP contribution in [0, 0.1) is 17.6 Å². The summed E-state index contributed by atoms with van der Waals surface area (Å²) in [6, 6.07) is 4.79. The number of methoxy groups -OCH3 is 1. The van der Waals surface area contributed by atoms with Gasteiger partial charge in [-0.25, -0.2) is 18.3 Å². The number of pyridine rings is 1. The first kappa shape index (κ1) is 34.2. The van der Waals surface area contributed by atoms with Crippen LogP contribution in [-0.4, -0.2) is 92.5 Å². The number of amides is 2. The molecule has 3 aliphatic heterocycles. The predicted octanol–water partition coefficient (Wildman–Crippen LogP) is 3.33. The van der Waals surface area contributed by atoms with Crippen molar-refractivity contribution in [1.29, 1.82) is 0 Å². The summed E-state index contributed by atoms with van der Waals surface area (Å²) in [6.07, 6.45) is 6.04. The maximum atomic E-state index is 16.1. The molecule has 0 bridgehead atoms. The van der Waals surface area contributed by atoms with Gasteiger partial charge in [0, 0.05) is 37.4 Å². The number of aromatic carboxylic acids is 1. The average Bonchev–Trinajstić information content (AvgIpc) is 3.65. The molecule has 15 nitrogen and oxygen atoms in total. The number of likely N-dealkylation sites (tertiary alicyclic amines) is 1. The van der Waals surface area contributed by atoms with E-state index in [4.69, 9.17) is 9.57 Å². The fourth-order valence-corrected chi connectivity index (χ4v) is 7.93. The average molecular weight is 731 g/mol.